The summed E-state index contributed by atoms with van der Waals surface area (Å²) in [5, 5.41) is 14.6. The van der Waals surface area contributed by atoms with E-state index in [9.17, 15) is 13.2 Å². The van der Waals surface area contributed by atoms with Crippen molar-refractivity contribution in [3.05, 3.63) is 131 Å². The van der Waals surface area contributed by atoms with Crippen LogP contribution in [-0.2, 0) is 22.9 Å². The fourth-order valence-electron chi connectivity index (χ4n) is 5.65. The van der Waals surface area contributed by atoms with E-state index in [4.69, 9.17) is 16.8 Å². The predicted octanol–water partition coefficient (Wildman–Crippen LogP) is 6.84. The molecular formula is C34H28ClN3O4S. The molecule has 1 atom stereocenters. The minimum absolute atomic E-state index is 0.136. The van der Waals surface area contributed by atoms with Gasteiger partial charge in [0, 0.05) is 28.2 Å². The highest BCUT2D eigenvalue weighted by molar-refractivity contribution is 7.89. The van der Waals surface area contributed by atoms with Crippen LogP contribution in [-0.4, -0.2) is 30.6 Å². The van der Waals surface area contributed by atoms with E-state index in [-0.39, 0.29) is 10.9 Å². The zero-order chi connectivity index (χ0) is 30.0. The van der Waals surface area contributed by atoms with Gasteiger partial charge in [-0.05, 0) is 94.4 Å². The number of carbonyl (C=O) groups excluding carboxylic acids is 1. The molecule has 0 spiro atoms. The number of fused-ring (bicyclic) bond motifs is 6. The van der Waals surface area contributed by atoms with Crippen LogP contribution in [0.5, 0.6) is 0 Å². The van der Waals surface area contributed by atoms with Crippen molar-refractivity contribution in [3.63, 3.8) is 0 Å². The van der Waals surface area contributed by atoms with Crippen molar-refractivity contribution in [3.8, 4) is 0 Å². The molecule has 216 valence electrons. The van der Waals surface area contributed by atoms with Gasteiger partial charge in [0.15, 0.2) is 0 Å². The molecule has 1 amide bonds. The van der Waals surface area contributed by atoms with Crippen molar-refractivity contribution in [2.75, 3.05) is 0 Å². The highest BCUT2D eigenvalue weighted by Gasteiger charge is 2.26. The van der Waals surface area contributed by atoms with E-state index in [0.29, 0.717) is 17.0 Å². The van der Waals surface area contributed by atoms with Crippen LogP contribution in [0.15, 0.2) is 114 Å². The van der Waals surface area contributed by atoms with Crippen molar-refractivity contribution in [1.82, 2.24) is 15.2 Å². The normalized spacial score (nSPS) is 14.6. The number of carbonyl (C=O) groups is 1. The quantitative estimate of drug-likeness (QED) is 0.115. The summed E-state index contributed by atoms with van der Waals surface area (Å²) in [6.45, 7) is 0. The zero-order valence-electron chi connectivity index (χ0n) is 23.0. The summed E-state index contributed by atoms with van der Waals surface area (Å²) in [4.78, 5) is 15.4. The minimum Gasteiger partial charge on any atom is -0.288 e. The molecule has 7 rings (SSSR count). The highest BCUT2D eigenvalue weighted by atomic mass is 35.5. The van der Waals surface area contributed by atoms with Gasteiger partial charge >= 0.3 is 0 Å². The monoisotopic (exact) mass is 609 g/mol. The van der Waals surface area contributed by atoms with Gasteiger partial charge in [0.05, 0.1) is 10.4 Å². The fraction of sp³-hybridized carbons (Fsp3) is 0.118. The molecule has 9 heteroatoms. The summed E-state index contributed by atoms with van der Waals surface area (Å²) in [6, 6.07) is 32.0. The van der Waals surface area contributed by atoms with Gasteiger partial charge in [-0.15, -0.1) is 0 Å². The van der Waals surface area contributed by atoms with Gasteiger partial charge in [0.2, 0.25) is 10.0 Å². The lowest BCUT2D eigenvalue weighted by Gasteiger charge is -2.27. The average molecular weight is 610 g/mol. The van der Waals surface area contributed by atoms with Crippen LogP contribution in [0.4, 0.5) is 0 Å². The second kappa shape index (κ2) is 12.1. The summed E-state index contributed by atoms with van der Waals surface area (Å²) in [7, 11) is -3.61. The molecule has 1 unspecified atom stereocenters. The Labute approximate surface area is 254 Å². The van der Waals surface area contributed by atoms with Crippen LogP contribution in [0.1, 0.15) is 27.9 Å². The first kappa shape index (κ1) is 28.8. The largest absolute Gasteiger partial charge is 0.288 e. The molecule has 1 heterocycles. The van der Waals surface area contributed by atoms with Gasteiger partial charge in [-0.25, -0.2) is 18.6 Å². The molecule has 1 aromatic heterocycles. The molecule has 5 aromatic carbocycles. The Morgan fingerprint density at radius 2 is 1.65 bits per heavy atom. The number of halogens is 1. The maximum atomic E-state index is 12.8. The number of hydrogen-bond donors (Lipinski definition) is 3. The molecule has 0 radical (unpaired) electrons. The SMILES string of the molecule is O=C(NO)c1ccc2ncccc2c1.O=S(=O)(NC1CCc2ccc3c(ccc4ccccc43)c2C1)c1cccc(Cl)c1. The third-order valence-electron chi connectivity index (χ3n) is 7.74. The Bertz CT molecular complexity index is 2100. The number of hydroxylamine groups is 1. The number of amides is 1. The lowest BCUT2D eigenvalue weighted by molar-refractivity contribution is 0.0706. The third kappa shape index (κ3) is 6.09. The van der Waals surface area contributed by atoms with E-state index in [1.807, 2.05) is 12.1 Å². The van der Waals surface area contributed by atoms with Crippen molar-refractivity contribution >= 4 is 60.0 Å². The lowest BCUT2D eigenvalue weighted by Crippen LogP contribution is -2.38. The number of aromatic nitrogens is 1. The minimum atomic E-state index is -3.61. The summed E-state index contributed by atoms with van der Waals surface area (Å²) < 4.78 is 28.6. The first-order valence-electron chi connectivity index (χ1n) is 13.8. The molecule has 0 bridgehead atoms. The fourth-order valence-corrected chi connectivity index (χ4v) is 7.22. The molecule has 3 N–H and O–H groups in total. The van der Waals surface area contributed by atoms with Crippen LogP contribution in [0.2, 0.25) is 5.02 Å². The molecule has 0 saturated heterocycles. The highest BCUT2D eigenvalue weighted by Crippen LogP contribution is 2.33. The molecule has 6 aromatic rings. The Balaban J connectivity index is 0.000000197. The topological polar surface area (TPSA) is 108 Å². The summed E-state index contributed by atoms with van der Waals surface area (Å²) in [5.41, 5.74) is 5.38. The van der Waals surface area contributed by atoms with Gasteiger partial charge in [0.1, 0.15) is 0 Å². The summed E-state index contributed by atoms with van der Waals surface area (Å²) in [5.74, 6) is -0.518. The van der Waals surface area contributed by atoms with Crippen molar-refractivity contribution in [2.24, 2.45) is 0 Å². The van der Waals surface area contributed by atoms with Gasteiger partial charge in [0.25, 0.3) is 5.91 Å². The zero-order valence-corrected chi connectivity index (χ0v) is 24.6. The smallest absolute Gasteiger partial charge is 0.274 e. The average Bonchev–Trinajstić information content (AvgIpc) is 3.04. The number of nitrogens with zero attached hydrogens (tertiary/aromatic N) is 1. The number of aryl methyl sites for hydroxylation is 1. The van der Waals surface area contributed by atoms with Gasteiger partial charge < -0.3 is 0 Å². The van der Waals surface area contributed by atoms with E-state index in [2.05, 4.69) is 52.2 Å². The van der Waals surface area contributed by atoms with Crippen molar-refractivity contribution < 1.29 is 18.4 Å². The second-order valence-corrected chi connectivity index (χ2v) is 12.6. The second-order valence-electron chi connectivity index (χ2n) is 10.5. The predicted molar refractivity (Wildman–Crippen MR) is 170 cm³/mol. The first-order chi connectivity index (χ1) is 20.8. The van der Waals surface area contributed by atoms with Crippen LogP contribution >= 0.6 is 11.6 Å². The number of rotatable bonds is 4. The Hall–Kier alpha value is -4.34. The number of nitrogens with one attached hydrogen (secondary N) is 2. The molecule has 1 aliphatic carbocycles. The van der Waals surface area contributed by atoms with Crippen LogP contribution in [0, 0.1) is 0 Å². The van der Waals surface area contributed by atoms with Crippen LogP contribution < -0.4 is 10.2 Å². The Morgan fingerprint density at radius 1 is 0.837 bits per heavy atom. The van der Waals surface area contributed by atoms with Gasteiger partial charge in [-0.2, -0.15) is 0 Å². The Morgan fingerprint density at radius 3 is 2.49 bits per heavy atom. The number of pyridine rings is 1. The van der Waals surface area contributed by atoms with Gasteiger partial charge in [-0.1, -0.05) is 72.3 Å². The van der Waals surface area contributed by atoms with Gasteiger partial charge in [-0.3, -0.25) is 15.0 Å². The number of sulfonamides is 1. The molecule has 43 heavy (non-hydrogen) atoms. The van der Waals surface area contributed by atoms with E-state index in [1.54, 1.807) is 54.1 Å². The summed E-state index contributed by atoms with van der Waals surface area (Å²) >= 11 is 5.98. The van der Waals surface area contributed by atoms with Crippen molar-refractivity contribution in [1.29, 1.82) is 0 Å². The molecule has 1 aliphatic rings. The molecule has 7 nitrogen and oxygen atoms in total. The standard InChI is InChI=1S/C24H20ClNO2S.C10H8N2O2/c25-18-5-3-6-20(14-18)29(27,28)26-19-11-8-17-10-12-22-21-7-2-1-4-16(21)9-13-23(22)24(17)15-19;13-10(12-14)8-3-4-9-7(6-8)2-1-5-11-9/h1-7,9-10,12-14,19,26H,8,11,15H2;1-6,14H,(H,12,13). The van der Waals surface area contributed by atoms with Crippen LogP contribution in [0.25, 0.3) is 32.4 Å². The third-order valence-corrected chi connectivity index (χ3v) is 9.50. The Kier molecular flexibility index (Phi) is 8.10. The maximum Gasteiger partial charge on any atom is 0.274 e. The lowest BCUT2D eigenvalue weighted by atomic mass is 9.84. The number of hydrogen-bond acceptors (Lipinski definition) is 5. The van der Waals surface area contributed by atoms with E-state index >= 15 is 0 Å². The number of benzene rings is 5. The molecular weight excluding hydrogens is 582 g/mol. The van der Waals surface area contributed by atoms with Crippen molar-refractivity contribution in [2.45, 2.75) is 30.2 Å². The van der Waals surface area contributed by atoms with E-state index < -0.39 is 15.9 Å². The molecule has 0 aliphatic heterocycles. The maximum absolute atomic E-state index is 12.8. The first-order valence-corrected chi connectivity index (χ1v) is 15.7. The van der Waals surface area contributed by atoms with E-state index in [0.717, 1.165) is 23.7 Å². The van der Waals surface area contributed by atoms with E-state index in [1.165, 1.54) is 38.7 Å². The summed E-state index contributed by atoms with van der Waals surface area (Å²) in [6.07, 6.45) is 4.02. The van der Waals surface area contributed by atoms with Crippen LogP contribution in [0.3, 0.4) is 0 Å². The molecule has 0 saturated carbocycles. The molecule has 0 fully saturated rings.